The molecule has 1 aliphatic rings. The number of H-pyrrole nitrogens is 1. The highest BCUT2D eigenvalue weighted by atomic mass is 16.2. The van der Waals surface area contributed by atoms with E-state index < -0.39 is 11.2 Å². The molecule has 0 bridgehead atoms. The molecule has 0 aromatic carbocycles. The highest BCUT2D eigenvalue weighted by Gasteiger charge is 2.24. The van der Waals surface area contributed by atoms with Gasteiger partial charge in [-0.25, -0.2) is 4.79 Å². The van der Waals surface area contributed by atoms with Crippen LogP contribution in [0.1, 0.15) is 44.0 Å². The van der Waals surface area contributed by atoms with Crippen LogP contribution in [0.4, 0.5) is 5.82 Å². The van der Waals surface area contributed by atoms with Crippen molar-refractivity contribution in [2.75, 3.05) is 25.4 Å². The quantitative estimate of drug-likeness (QED) is 0.777. The summed E-state index contributed by atoms with van der Waals surface area (Å²) in [5.41, 5.74) is 4.62. The van der Waals surface area contributed by atoms with Crippen molar-refractivity contribution in [2.45, 2.75) is 40.2 Å². The van der Waals surface area contributed by atoms with Crippen LogP contribution in [-0.2, 0) is 6.54 Å². The predicted molar refractivity (Wildman–Crippen MR) is 89.7 cm³/mol. The lowest BCUT2D eigenvalue weighted by Crippen LogP contribution is -2.42. The molecule has 0 spiro atoms. The van der Waals surface area contributed by atoms with E-state index >= 15 is 0 Å². The third-order valence-corrected chi connectivity index (χ3v) is 4.17. The Morgan fingerprint density at radius 2 is 2.09 bits per heavy atom. The maximum Gasteiger partial charge on any atom is 0.329 e. The van der Waals surface area contributed by atoms with Crippen molar-refractivity contribution >= 4 is 11.6 Å². The molecule has 2 rings (SSSR count). The van der Waals surface area contributed by atoms with Crippen molar-refractivity contribution in [2.24, 2.45) is 11.8 Å². The van der Waals surface area contributed by atoms with Gasteiger partial charge >= 0.3 is 5.69 Å². The minimum atomic E-state index is -0.692. The summed E-state index contributed by atoms with van der Waals surface area (Å²) >= 11 is 0. The zero-order valence-electron chi connectivity index (χ0n) is 14.1. The Hall–Kier alpha value is -1.89. The standard InChI is InChI=1S/C16H26N4O3/c1-10(2)7-20-14(17)13(15(22)18-16(20)23)12(21)9-19-6-4-5-11(3)8-19/h10-11H,4-9,17H2,1-3H3,(H,18,22,23). The number of anilines is 1. The number of hydrogen-bond acceptors (Lipinski definition) is 5. The van der Waals surface area contributed by atoms with Crippen LogP contribution in [-0.4, -0.2) is 39.9 Å². The van der Waals surface area contributed by atoms with Gasteiger partial charge in [-0.15, -0.1) is 0 Å². The van der Waals surface area contributed by atoms with Crippen LogP contribution in [0.25, 0.3) is 0 Å². The molecule has 0 radical (unpaired) electrons. The smallest absolute Gasteiger partial charge is 0.329 e. The monoisotopic (exact) mass is 322 g/mol. The minimum absolute atomic E-state index is 0.0255. The highest BCUT2D eigenvalue weighted by molar-refractivity contribution is 6.01. The van der Waals surface area contributed by atoms with E-state index in [-0.39, 0.29) is 29.6 Å². The van der Waals surface area contributed by atoms with Crippen molar-refractivity contribution in [3.05, 3.63) is 26.4 Å². The highest BCUT2D eigenvalue weighted by Crippen LogP contribution is 2.16. The summed E-state index contributed by atoms with van der Waals surface area (Å²) < 4.78 is 1.28. The average molecular weight is 322 g/mol. The first kappa shape index (κ1) is 17.5. The van der Waals surface area contributed by atoms with Gasteiger partial charge in [-0.2, -0.15) is 0 Å². The number of carbonyl (C=O) groups is 1. The van der Waals surface area contributed by atoms with Crippen LogP contribution in [0.3, 0.4) is 0 Å². The Morgan fingerprint density at radius 3 is 2.70 bits per heavy atom. The molecular formula is C16H26N4O3. The summed E-state index contributed by atoms with van der Waals surface area (Å²) in [5.74, 6) is 0.367. The fourth-order valence-corrected chi connectivity index (χ4v) is 3.12. The van der Waals surface area contributed by atoms with Crippen molar-refractivity contribution in [1.29, 1.82) is 0 Å². The zero-order valence-corrected chi connectivity index (χ0v) is 14.1. The van der Waals surface area contributed by atoms with Gasteiger partial charge in [0.15, 0.2) is 5.78 Å². The van der Waals surface area contributed by atoms with Gasteiger partial charge in [0.1, 0.15) is 11.4 Å². The number of ketones is 1. The van der Waals surface area contributed by atoms with Crippen LogP contribution < -0.4 is 17.0 Å². The summed E-state index contributed by atoms with van der Waals surface area (Å²) in [7, 11) is 0. The summed E-state index contributed by atoms with van der Waals surface area (Å²) in [4.78, 5) is 40.8. The Kier molecular flexibility index (Phi) is 5.41. The molecule has 1 unspecified atom stereocenters. The van der Waals surface area contributed by atoms with Crippen LogP contribution in [0.5, 0.6) is 0 Å². The van der Waals surface area contributed by atoms with Gasteiger partial charge in [-0.3, -0.25) is 24.0 Å². The number of nitrogen functional groups attached to an aromatic ring is 1. The van der Waals surface area contributed by atoms with Crippen molar-refractivity contribution in [3.63, 3.8) is 0 Å². The SMILES string of the molecule is CC(C)Cn1c(N)c(C(=O)CN2CCCC(C)C2)c(=O)[nH]c1=O. The largest absolute Gasteiger partial charge is 0.384 e. The lowest BCUT2D eigenvalue weighted by Gasteiger charge is -2.30. The number of nitrogens with zero attached hydrogens (tertiary/aromatic N) is 2. The molecule has 0 amide bonds. The van der Waals surface area contributed by atoms with Crippen LogP contribution in [0, 0.1) is 11.8 Å². The molecule has 1 aromatic heterocycles. The van der Waals surface area contributed by atoms with Gasteiger partial charge in [0, 0.05) is 13.1 Å². The number of piperidine rings is 1. The second kappa shape index (κ2) is 7.12. The van der Waals surface area contributed by atoms with E-state index in [1.807, 2.05) is 18.7 Å². The van der Waals surface area contributed by atoms with E-state index in [2.05, 4.69) is 11.9 Å². The lowest BCUT2D eigenvalue weighted by atomic mass is 10.00. The Bertz CT molecular complexity index is 690. The van der Waals surface area contributed by atoms with E-state index in [1.165, 1.54) is 4.57 Å². The minimum Gasteiger partial charge on any atom is -0.384 e. The first-order chi connectivity index (χ1) is 10.8. The molecule has 2 heterocycles. The topological polar surface area (TPSA) is 101 Å². The molecule has 1 atom stereocenters. The molecule has 7 nitrogen and oxygen atoms in total. The van der Waals surface area contributed by atoms with E-state index in [0.29, 0.717) is 12.5 Å². The predicted octanol–water partition coefficient (Wildman–Crippen LogP) is 0.689. The van der Waals surface area contributed by atoms with E-state index in [1.54, 1.807) is 0 Å². The van der Waals surface area contributed by atoms with Gasteiger partial charge in [0.2, 0.25) is 0 Å². The first-order valence-corrected chi connectivity index (χ1v) is 8.17. The molecule has 23 heavy (non-hydrogen) atoms. The summed E-state index contributed by atoms with van der Waals surface area (Å²) in [6.45, 7) is 8.25. The van der Waals surface area contributed by atoms with Crippen molar-refractivity contribution in [3.8, 4) is 0 Å². The number of nitrogens with one attached hydrogen (secondary N) is 1. The average Bonchev–Trinajstić information content (AvgIpc) is 2.43. The Morgan fingerprint density at radius 1 is 1.39 bits per heavy atom. The number of hydrogen-bond donors (Lipinski definition) is 2. The Balaban J connectivity index is 2.29. The maximum absolute atomic E-state index is 12.6. The first-order valence-electron chi connectivity index (χ1n) is 8.17. The lowest BCUT2D eigenvalue weighted by molar-refractivity contribution is 0.0891. The van der Waals surface area contributed by atoms with Gasteiger partial charge in [-0.1, -0.05) is 20.8 Å². The van der Waals surface area contributed by atoms with Gasteiger partial charge in [-0.05, 0) is 31.2 Å². The van der Waals surface area contributed by atoms with E-state index in [0.717, 1.165) is 25.9 Å². The molecular weight excluding hydrogens is 296 g/mol. The van der Waals surface area contributed by atoms with Gasteiger partial charge < -0.3 is 5.73 Å². The molecule has 3 N–H and O–H groups in total. The van der Waals surface area contributed by atoms with Crippen LogP contribution in [0.2, 0.25) is 0 Å². The summed E-state index contributed by atoms with van der Waals surface area (Å²) in [5, 5.41) is 0. The van der Waals surface area contributed by atoms with Crippen LogP contribution >= 0.6 is 0 Å². The number of aromatic nitrogens is 2. The third kappa shape index (κ3) is 4.10. The molecule has 1 fully saturated rings. The van der Waals surface area contributed by atoms with Gasteiger partial charge in [0.05, 0.1) is 6.54 Å². The van der Waals surface area contributed by atoms with Gasteiger partial charge in [0.25, 0.3) is 5.56 Å². The van der Waals surface area contributed by atoms with Crippen molar-refractivity contribution < 1.29 is 4.79 Å². The second-order valence-corrected chi connectivity index (χ2v) is 6.93. The summed E-state index contributed by atoms with van der Waals surface area (Å²) in [6.07, 6.45) is 2.21. The number of likely N-dealkylation sites (tertiary alicyclic amines) is 1. The molecule has 7 heteroatoms. The van der Waals surface area contributed by atoms with Crippen LogP contribution in [0.15, 0.2) is 9.59 Å². The molecule has 1 aromatic rings. The molecule has 1 aliphatic heterocycles. The number of rotatable bonds is 5. The molecule has 1 saturated heterocycles. The van der Waals surface area contributed by atoms with Crippen molar-refractivity contribution in [1.82, 2.24) is 14.5 Å². The number of carbonyl (C=O) groups excluding carboxylic acids is 1. The maximum atomic E-state index is 12.6. The summed E-state index contributed by atoms with van der Waals surface area (Å²) in [6, 6.07) is 0. The number of Topliss-reactive ketones (excluding diaryl/α,β-unsaturated/α-hetero) is 1. The Labute approximate surface area is 135 Å². The molecule has 128 valence electrons. The fourth-order valence-electron chi connectivity index (χ4n) is 3.12. The zero-order chi connectivity index (χ0) is 17.1. The molecule has 0 saturated carbocycles. The third-order valence-electron chi connectivity index (χ3n) is 4.17. The van der Waals surface area contributed by atoms with E-state index in [9.17, 15) is 14.4 Å². The fraction of sp³-hybridized carbons (Fsp3) is 0.688. The number of aromatic amines is 1. The normalized spacial score (nSPS) is 19.2. The van der Waals surface area contributed by atoms with E-state index in [4.69, 9.17) is 5.73 Å². The number of nitrogens with two attached hydrogens (primary N) is 1. The second-order valence-electron chi connectivity index (χ2n) is 6.93. The molecule has 0 aliphatic carbocycles.